The van der Waals surface area contributed by atoms with Gasteiger partial charge in [-0.15, -0.1) is 0 Å². The number of anilines is 3. The van der Waals surface area contributed by atoms with Crippen LogP contribution in [0.25, 0.3) is 55.0 Å². The number of hydrogen-bond acceptors (Lipinski definition) is 2. The van der Waals surface area contributed by atoms with E-state index in [1.165, 1.54) is 16.5 Å². The molecule has 0 unspecified atom stereocenters. The van der Waals surface area contributed by atoms with Gasteiger partial charge in [0.2, 0.25) is 0 Å². The molecule has 7 aromatic carbocycles. The van der Waals surface area contributed by atoms with Gasteiger partial charge in [0, 0.05) is 38.7 Å². The smallest absolute Gasteiger partial charge is 0.143 e. The first-order chi connectivity index (χ1) is 20.8. The molecule has 198 valence electrons. The van der Waals surface area contributed by atoms with Crippen LogP contribution in [0.5, 0.6) is 0 Å². The summed E-state index contributed by atoms with van der Waals surface area (Å²) in [5.74, 6) is 0. The molecule has 1 heterocycles. The minimum atomic E-state index is 0.906. The molecule has 0 saturated carbocycles. The molecule has 0 N–H and O–H groups in total. The predicted molar refractivity (Wildman–Crippen MR) is 177 cm³/mol. The second kappa shape index (κ2) is 10.1. The summed E-state index contributed by atoms with van der Waals surface area (Å²) in [7, 11) is 0. The monoisotopic (exact) mass is 537 g/mol. The number of para-hydroxylation sites is 3. The molecule has 0 aliphatic heterocycles. The molecule has 8 rings (SSSR count). The maximum atomic E-state index is 6.74. The number of hydrogen-bond donors (Lipinski definition) is 0. The van der Waals surface area contributed by atoms with Crippen molar-refractivity contribution >= 4 is 49.8 Å². The lowest BCUT2D eigenvalue weighted by Gasteiger charge is -2.28. The normalized spacial score (nSPS) is 11.3. The van der Waals surface area contributed by atoms with E-state index < -0.39 is 0 Å². The Kier molecular flexibility index (Phi) is 5.82. The largest absolute Gasteiger partial charge is 0.455 e. The summed E-state index contributed by atoms with van der Waals surface area (Å²) in [6, 6.07) is 57.8. The zero-order valence-electron chi connectivity index (χ0n) is 22.9. The van der Waals surface area contributed by atoms with Crippen LogP contribution < -0.4 is 4.90 Å². The van der Waals surface area contributed by atoms with E-state index >= 15 is 0 Å². The molecule has 0 radical (unpaired) electrons. The third kappa shape index (κ3) is 4.05. The van der Waals surface area contributed by atoms with Crippen molar-refractivity contribution in [3.8, 4) is 22.3 Å². The lowest BCUT2D eigenvalue weighted by atomic mass is 9.98. The van der Waals surface area contributed by atoms with Crippen molar-refractivity contribution in [2.45, 2.75) is 0 Å². The Hall–Kier alpha value is -5.60. The molecular formula is C40H27NO. The van der Waals surface area contributed by atoms with Crippen molar-refractivity contribution in [2.75, 3.05) is 4.90 Å². The molecule has 0 bridgehead atoms. The summed E-state index contributed by atoms with van der Waals surface area (Å²) >= 11 is 0. The summed E-state index contributed by atoms with van der Waals surface area (Å²) < 4.78 is 6.74. The summed E-state index contributed by atoms with van der Waals surface area (Å²) in [4.78, 5) is 2.33. The number of fused-ring (bicyclic) bond motifs is 5. The van der Waals surface area contributed by atoms with Gasteiger partial charge in [0.15, 0.2) is 0 Å². The zero-order valence-corrected chi connectivity index (χ0v) is 22.9. The Labute approximate surface area is 244 Å². The Morgan fingerprint density at radius 2 is 0.952 bits per heavy atom. The predicted octanol–water partition coefficient (Wildman–Crippen LogP) is 11.5. The van der Waals surface area contributed by atoms with Crippen LogP contribution in [0.1, 0.15) is 0 Å². The van der Waals surface area contributed by atoms with Crippen LogP contribution in [0.4, 0.5) is 17.1 Å². The Bertz CT molecular complexity index is 2180. The zero-order chi connectivity index (χ0) is 27.9. The van der Waals surface area contributed by atoms with Gasteiger partial charge in [0.05, 0.1) is 5.69 Å². The van der Waals surface area contributed by atoms with E-state index in [1.54, 1.807) is 0 Å². The average molecular weight is 538 g/mol. The van der Waals surface area contributed by atoms with E-state index in [9.17, 15) is 0 Å². The van der Waals surface area contributed by atoms with Gasteiger partial charge < -0.3 is 9.32 Å². The molecule has 0 aliphatic rings. The number of furan rings is 1. The molecule has 0 saturated heterocycles. The average Bonchev–Trinajstić information content (AvgIpc) is 3.46. The second-order valence-electron chi connectivity index (χ2n) is 10.5. The van der Waals surface area contributed by atoms with Crippen molar-refractivity contribution < 1.29 is 4.42 Å². The lowest BCUT2D eigenvalue weighted by Crippen LogP contribution is -2.11. The fraction of sp³-hybridized carbons (Fsp3) is 0. The minimum absolute atomic E-state index is 0.906. The molecule has 0 amide bonds. The van der Waals surface area contributed by atoms with Gasteiger partial charge in [-0.05, 0) is 52.9 Å². The van der Waals surface area contributed by atoms with E-state index in [0.717, 1.165) is 55.5 Å². The third-order valence-electron chi connectivity index (χ3n) is 8.07. The highest BCUT2D eigenvalue weighted by Gasteiger charge is 2.20. The van der Waals surface area contributed by atoms with Gasteiger partial charge in [0.25, 0.3) is 0 Å². The highest BCUT2D eigenvalue weighted by atomic mass is 16.3. The second-order valence-corrected chi connectivity index (χ2v) is 10.5. The standard InChI is InChI=1S/C40H27NO/c1-3-12-28(13-4-1)29-22-25-32(26-23-29)41(31-15-5-2-6-16-31)38-21-10-9-18-34(38)35-19-11-20-36-37-27-24-30-14-7-8-17-33(30)39(37)42-40(35)36/h1-27H. The summed E-state index contributed by atoms with van der Waals surface area (Å²) in [5.41, 5.74) is 9.71. The molecular weight excluding hydrogens is 510 g/mol. The van der Waals surface area contributed by atoms with Crippen LogP contribution in [0.15, 0.2) is 168 Å². The number of rotatable bonds is 5. The molecule has 42 heavy (non-hydrogen) atoms. The van der Waals surface area contributed by atoms with Gasteiger partial charge >= 0.3 is 0 Å². The van der Waals surface area contributed by atoms with Crippen LogP contribution in [-0.2, 0) is 0 Å². The van der Waals surface area contributed by atoms with Gasteiger partial charge in [-0.1, -0.05) is 127 Å². The Balaban J connectivity index is 1.33. The summed E-state index contributed by atoms with van der Waals surface area (Å²) in [6.07, 6.45) is 0. The first-order valence-corrected chi connectivity index (χ1v) is 14.3. The molecule has 1 aromatic heterocycles. The highest BCUT2D eigenvalue weighted by molar-refractivity contribution is 6.17. The number of benzene rings is 7. The van der Waals surface area contributed by atoms with Gasteiger partial charge in [0.1, 0.15) is 11.2 Å². The Morgan fingerprint density at radius 1 is 0.357 bits per heavy atom. The quantitative estimate of drug-likeness (QED) is 0.217. The van der Waals surface area contributed by atoms with Crippen molar-refractivity contribution in [1.29, 1.82) is 0 Å². The van der Waals surface area contributed by atoms with Gasteiger partial charge in [-0.3, -0.25) is 0 Å². The van der Waals surface area contributed by atoms with Crippen LogP contribution in [0.3, 0.4) is 0 Å². The molecule has 0 aliphatic carbocycles. The molecule has 0 fully saturated rings. The van der Waals surface area contributed by atoms with E-state index in [2.05, 4.69) is 169 Å². The van der Waals surface area contributed by atoms with Crippen molar-refractivity contribution in [1.82, 2.24) is 0 Å². The van der Waals surface area contributed by atoms with E-state index in [0.29, 0.717) is 0 Å². The molecule has 0 spiro atoms. The van der Waals surface area contributed by atoms with Crippen LogP contribution in [0.2, 0.25) is 0 Å². The van der Waals surface area contributed by atoms with Crippen molar-refractivity contribution in [3.05, 3.63) is 164 Å². The Morgan fingerprint density at radius 3 is 1.79 bits per heavy atom. The topological polar surface area (TPSA) is 16.4 Å². The molecule has 0 atom stereocenters. The van der Waals surface area contributed by atoms with E-state index in [1.807, 2.05) is 0 Å². The number of nitrogens with zero attached hydrogens (tertiary/aromatic N) is 1. The maximum absolute atomic E-state index is 6.74. The van der Waals surface area contributed by atoms with Crippen LogP contribution in [-0.4, -0.2) is 0 Å². The summed E-state index contributed by atoms with van der Waals surface area (Å²) in [6.45, 7) is 0. The van der Waals surface area contributed by atoms with Crippen molar-refractivity contribution in [3.63, 3.8) is 0 Å². The van der Waals surface area contributed by atoms with Gasteiger partial charge in [-0.2, -0.15) is 0 Å². The van der Waals surface area contributed by atoms with Crippen LogP contribution >= 0.6 is 0 Å². The summed E-state index contributed by atoms with van der Waals surface area (Å²) in [5, 5.41) is 4.58. The first-order valence-electron chi connectivity index (χ1n) is 14.3. The lowest BCUT2D eigenvalue weighted by molar-refractivity contribution is 0.674. The highest BCUT2D eigenvalue weighted by Crippen LogP contribution is 2.45. The minimum Gasteiger partial charge on any atom is -0.455 e. The third-order valence-corrected chi connectivity index (χ3v) is 8.07. The fourth-order valence-electron chi connectivity index (χ4n) is 6.07. The first kappa shape index (κ1) is 24.2. The van der Waals surface area contributed by atoms with Crippen molar-refractivity contribution in [2.24, 2.45) is 0 Å². The van der Waals surface area contributed by atoms with Gasteiger partial charge in [-0.25, -0.2) is 0 Å². The van der Waals surface area contributed by atoms with E-state index in [-0.39, 0.29) is 0 Å². The van der Waals surface area contributed by atoms with E-state index in [4.69, 9.17) is 4.42 Å². The molecule has 8 aromatic rings. The molecule has 2 heteroatoms. The SMILES string of the molecule is c1ccc(-c2ccc(N(c3ccccc3)c3ccccc3-c3cccc4c3oc3c5ccccc5ccc43)cc2)cc1. The van der Waals surface area contributed by atoms with Crippen LogP contribution in [0, 0.1) is 0 Å². The maximum Gasteiger partial charge on any atom is 0.143 e. The fourth-order valence-corrected chi connectivity index (χ4v) is 6.07. The molecule has 2 nitrogen and oxygen atoms in total.